The number of carbonyl (C=O) groups is 1. The highest BCUT2D eigenvalue weighted by atomic mass is 16.5. The van der Waals surface area contributed by atoms with Gasteiger partial charge in [-0.25, -0.2) is 10.2 Å². The van der Waals surface area contributed by atoms with E-state index in [9.17, 15) is 9.90 Å². The van der Waals surface area contributed by atoms with Crippen LogP contribution in [0, 0.1) is 0 Å². The van der Waals surface area contributed by atoms with Crippen LogP contribution in [0.4, 0.5) is 4.79 Å². The molecule has 1 aromatic rings. The summed E-state index contributed by atoms with van der Waals surface area (Å²) in [4.78, 5) is 10.3. The third-order valence-corrected chi connectivity index (χ3v) is 1.63. The van der Waals surface area contributed by atoms with Crippen LogP contribution in [0.2, 0.25) is 0 Å². The smallest absolute Gasteiger partial charge is 0.332 e. The molecule has 0 saturated carbocycles. The van der Waals surface area contributed by atoms with Crippen molar-refractivity contribution in [1.82, 2.24) is 5.43 Å². The predicted molar refractivity (Wildman–Crippen MR) is 55.0 cm³/mol. The number of carbonyl (C=O) groups excluding carboxylic acids is 1. The summed E-state index contributed by atoms with van der Waals surface area (Å²) < 4.78 is 4.89. The fourth-order valence-electron chi connectivity index (χ4n) is 0.974. The SMILES string of the molecule is COc1cccc(/C=N/NC(N)=O)c1O. The van der Waals surface area contributed by atoms with Crippen molar-refractivity contribution in [2.75, 3.05) is 7.11 Å². The zero-order chi connectivity index (χ0) is 11.3. The van der Waals surface area contributed by atoms with E-state index in [1.165, 1.54) is 13.3 Å². The molecule has 0 spiro atoms. The Bertz CT molecular complexity index is 390. The molecule has 80 valence electrons. The Kier molecular flexibility index (Phi) is 3.50. The number of hydrazone groups is 1. The number of phenols is 1. The largest absolute Gasteiger partial charge is 0.504 e. The van der Waals surface area contributed by atoms with E-state index in [2.05, 4.69) is 5.10 Å². The molecule has 0 fully saturated rings. The van der Waals surface area contributed by atoms with E-state index in [0.717, 1.165) is 0 Å². The summed E-state index contributed by atoms with van der Waals surface area (Å²) in [5.41, 5.74) is 7.23. The quantitative estimate of drug-likeness (QED) is 0.496. The molecule has 0 unspecified atom stereocenters. The Morgan fingerprint density at radius 1 is 1.67 bits per heavy atom. The minimum absolute atomic E-state index is 0.0463. The number of urea groups is 1. The molecule has 0 aromatic heterocycles. The first-order chi connectivity index (χ1) is 7.15. The summed E-state index contributed by atoms with van der Waals surface area (Å²) >= 11 is 0. The van der Waals surface area contributed by atoms with E-state index in [1.807, 2.05) is 5.43 Å². The number of methoxy groups -OCH3 is 1. The minimum atomic E-state index is -0.770. The average molecular weight is 209 g/mol. The van der Waals surface area contributed by atoms with Gasteiger partial charge >= 0.3 is 6.03 Å². The van der Waals surface area contributed by atoms with Crippen LogP contribution in [0.25, 0.3) is 0 Å². The third kappa shape index (κ3) is 2.87. The molecule has 2 amide bonds. The molecule has 0 aliphatic rings. The van der Waals surface area contributed by atoms with E-state index < -0.39 is 6.03 Å². The van der Waals surface area contributed by atoms with Crippen LogP contribution in [-0.2, 0) is 0 Å². The Morgan fingerprint density at radius 3 is 3.00 bits per heavy atom. The second-order valence-corrected chi connectivity index (χ2v) is 2.63. The van der Waals surface area contributed by atoms with Crippen LogP contribution in [-0.4, -0.2) is 24.5 Å². The van der Waals surface area contributed by atoms with Crippen molar-refractivity contribution in [3.63, 3.8) is 0 Å². The number of nitrogens with two attached hydrogens (primary N) is 1. The molecule has 0 saturated heterocycles. The van der Waals surface area contributed by atoms with Gasteiger partial charge in [0, 0.05) is 5.56 Å². The Labute approximate surface area is 86.4 Å². The van der Waals surface area contributed by atoms with Gasteiger partial charge in [-0.1, -0.05) is 6.07 Å². The molecular formula is C9H11N3O3. The zero-order valence-electron chi connectivity index (χ0n) is 8.10. The number of hydrogen-bond acceptors (Lipinski definition) is 4. The minimum Gasteiger partial charge on any atom is -0.504 e. The lowest BCUT2D eigenvalue weighted by atomic mass is 10.2. The number of hydrogen-bond donors (Lipinski definition) is 3. The standard InChI is InChI=1S/C9H11N3O3/c1-15-7-4-2-3-6(8(7)13)5-11-12-9(10)14/h2-5,13H,1H3,(H3,10,12,14)/b11-5+. The van der Waals surface area contributed by atoms with Crippen molar-refractivity contribution in [2.24, 2.45) is 10.8 Å². The van der Waals surface area contributed by atoms with Crippen molar-refractivity contribution >= 4 is 12.2 Å². The average Bonchev–Trinajstić information content (AvgIpc) is 2.20. The number of phenolic OH excluding ortho intramolecular Hbond substituents is 1. The summed E-state index contributed by atoms with van der Waals surface area (Å²) in [6.45, 7) is 0. The van der Waals surface area contributed by atoms with Crippen LogP contribution < -0.4 is 15.9 Å². The van der Waals surface area contributed by atoms with Crippen LogP contribution in [0.1, 0.15) is 5.56 Å². The molecule has 0 atom stereocenters. The molecule has 0 radical (unpaired) electrons. The summed E-state index contributed by atoms with van der Waals surface area (Å²) in [6, 6.07) is 4.14. The molecule has 0 bridgehead atoms. The number of nitrogens with one attached hydrogen (secondary N) is 1. The number of benzene rings is 1. The van der Waals surface area contributed by atoms with E-state index in [0.29, 0.717) is 11.3 Å². The Hall–Kier alpha value is -2.24. The lowest BCUT2D eigenvalue weighted by Crippen LogP contribution is -2.24. The monoisotopic (exact) mass is 209 g/mol. The summed E-state index contributed by atoms with van der Waals surface area (Å²) in [6.07, 6.45) is 1.27. The van der Waals surface area contributed by atoms with Crippen molar-refractivity contribution in [3.05, 3.63) is 23.8 Å². The zero-order valence-corrected chi connectivity index (χ0v) is 8.10. The van der Waals surface area contributed by atoms with E-state index in [-0.39, 0.29) is 5.75 Å². The van der Waals surface area contributed by atoms with E-state index in [4.69, 9.17) is 10.5 Å². The van der Waals surface area contributed by atoms with E-state index in [1.54, 1.807) is 18.2 Å². The van der Waals surface area contributed by atoms with Crippen molar-refractivity contribution in [1.29, 1.82) is 0 Å². The first kappa shape index (κ1) is 10.8. The lowest BCUT2D eigenvalue weighted by molar-refractivity contribution is 0.249. The molecular weight excluding hydrogens is 198 g/mol. The second kappa shape index (κ2) is 4.85. The molecule has 6 nitrogen and oxygen atoms in total. The molecule has 0 heterocycles. The lowest BCUT2D eigenvalue weighted by Gasteiger charge is -2.04. The van der Waals surface area contributed by atoms with Gasteiger partial charge in [-0.3, -0.25) is 0 Å². The van der Waals surface area contributed by atoms with Gasteiger partial charge in [-0.2, -0.15) is 5.10 Å². The van der Waals surface area contributed by atoms with Crippen LogP contribution >= 0.6 is 0 Å². The molecule has 15 heavy (non-hydrogen) atoms. The number of para-hydroxylation sites is 1. The summed E-state index contributed by atoms with van der Waals surface area (Å²) in [5, 5.41) is 13.1. The molecule has 4 N–H and O–H groups in total. The number of ether oxygens (including phenoxy) is 1. The van der Waals surface area contributed by atoms with Crippen LogP contribution in [0.15, 0.2) is 23.3 Å². The maximum absolute atomic E-state index is 10.3. The van der Waals surface area contributed by atoms with Gasteiger partial charge in [0.05, 0.1) is 13.3 Å². The van der Waals surface area contributed by atoms with Gasteiger partial charge in [0.15, 0.2) is 11.5 Å². The Balaban J connectivity index is 2.85. The molecule has 6 heteroatoms. The maximum Gasteiger partial charge on any atom is 0.332 e. The highest BCUT2D eigenvalue weighted by molar-refractivity contribution is 5.85. The topological polar surface area (TPSA) is 96.9 Å². The fourth-order valence-corrected chi connectivity index (χ4v) is 0.974. The van der Waals surface area contributed by atoms with Gasteiger partial charge in [-0.05, 0) is 12.1 Å². The van der Waals surface area contributed by atoms with Crippen LogP contribution in [0.5, 0.6) is 11.5 Å². The molecule has 0 aliphatic carbocycles. The summed E-state index contributed by atoms with van der Waals surface area (Å²) in [7, 11) is 1.44. The van der Waals surface area contributed by atoms with Crippen molar-refractivity contribution in [3.8, 4) is 11.5 Å². The van der Waals surface area contributed by atoms with Crippen molar-refractivity contribution in [2.45, 2.75) is 0 Å². The summed E-state index contributed by atoms with van der Waals surface area (Å²) in [5.74, 6) is 0.285. The first-order valence-electron chi connectivity index (χ1n) is 4.09. The predicted octanol–water partition coefficient (Wildman–Crippen LogP) is 0.403. The highest BCUT2D eigenvalue weighted by Crippen LogP contribution is 2.27. The first-order valence-corrected chi connectivity index (χ1v) is 4.09. The number of aromatic hydroxyl groups is 1. The fraction of sp³-hybridized carbons (Fsp3) is 0.111. The highest BCUT2D eigenvalue weighted by Gasteiger charge is 2.04. The second-order valence-electron chi connectivity index (χ2n) is 2.63. The number of rotatable bonds is 3. The number of primary amides is 1. The molecule has 0 aliphatic heterocycles. The molecule has 1 aromatic carbocycles. The van der Waals surface area contributed by atoms with Gasteiger partial charge in [0.2, 0.25) is 0 Å². The number of nitrogens with zero attached hydrogens (tertiary/aromatic N) is 1. The van der Waals surface area contributed by atoms with Gasteiger partial charge < -0.3 is 15.6 Å². The third-order valence-electron chi connectivity index (χ3n) is 1.63. The van der Waals surface area contributed by atoms with Crippen LogP contribution in [0.3, 0.4) is 0 Å². The number of amides is 2. The maximum atomic E-state index is 10.3. The Morgan fingerprint density at radius 2 is 2.40 bits per heavy atom. The van der Waals surface area contributed by atoms with Gasteiger partial charge in [0.1, 0.15) is 0 Å². The normalized spacial score (nSPS) is 10.2. The molecule has 1 rings (SSSR count). The van der Waals surface area contributed by atoms with Gasteiger partial charge in [-0.15, -0.1) is 0 Å². The van der Waals surface area contributed by atoms with E-state index >= 15 is 0 Å². The van der Waals surface area contributed by atoms with Gasteiger partial charge in [0.25, 0.3) is 0 Å². The van der Waals surface area contributed by atoms with Crippen molar-refractivity contribution < 1.29 is 14.6 Å².